The lowest BCUT2D eigenvalue weighted by molar-refractivity contribution is 0.213. The van der Waals surface area contributed by atoms with Gasteiger partial charge >= 0.3 is 0 Å². The first-order chi connectivity index (χ1) is 17.0. The molecular formula is C31H33NO3S. The summed E-state index contributed by atoms with van der Waals surface area (Å²) in [6.07, 6.45) is 1.48. The van der Waals surface area contributed by atoms with Crippen LogP contribution in [0.2, 0.25) is 0 Å². The van der Waals surface area contributed by atoms with E-state index in [4.69, 9.17) is 4.74 Å². The molecule has 4 aromatic rings. The van der Waals surface area contributed by atoms with Crippen molar-refractivity contribution in [3.05, 3.63) is 82.9 Å². The molecule has 36 heavy (non-hydrogen) atoms. The van der Waals surface area contributed by atoms with E-state index >= 15 is 0 Å². The smallest absolute Gasteiger partial charge is 0.128 e. The molecular weight excluding hydrogens is 466 g/mol. The van der Waals surface area contributed by atoms with Gasteiger partial charge in [0.2, 0.25) is 0 Å². The zero-order chi connectivity index (χ0) is 25.7. The summed E-state index contributed by atoms with van der Waals surface area (Å²) in [5.41, 5.74) is 5.88. The maximum Gasteiger partial charge on any atom is 0.128 e. The van der Waals surface area contributed by atoms with Crippen molar-refractivity contribution in [2.24, 2.45) is 10.8 Å². The van der Waals surface area contributed by atoms with Gasteiger partial charge in [0.25, 0.3) is 0 Å². The van der Waals surface area contributed by atoms with Crippen molar-refractivity contribution in [1.29, 1.82) is 0 Å². The van der Waals surface area contributed by atoms with Gasteiger partial charge in [0, 0.05) is 11.0 Å². The first-order valence-corrected chi connectivity index (χ1v) is 13.2. The number of hydrogen-bond donors (Lipinski definition) is 2. The Kier molecular flexibility index (Phi) is 6.08. The van der Waals surface area contributed by atoms with Gasteiger partial charge in [-0.2, -0.15) is 0 Å². The molecule has 0 spiro atoms. The Morgan fingerprint density at radius 2 is 1.69 bits per heavy atom. The number of benzene rings is 3. The number of hydrogen-bond acceptors (Lipinski definition) is 5. The number of aromatic nitrogens is 1. The number of phenolic OH excluding ortho intramolecular Hbond substituents is 2. The summed E-state index contributed by atoms with van der Waals surface area (Å²) in [7, 11) is 0. The molecule has 1 aliphatic heterocycles. The molecule has 5 rings (SSSR count). The third-order valence-corrected chi connectivity index (χ3v) is 7.83. The number of thiazole rings is 1. The van der Waals surface area contributed by atoms with E-state index in [9.17, 15) is 10.2 Å². The van der Waals surface area contributed by atoms with E-state index in [0.717, 1.165) is 56.1 Å². The van der Waals surface area contributed by atoms with E-state index in [-0.39, 0.29) is 22.3 Å². The molecule has 0 fully saturated rings. The SMILES string of the molecule is CC(C)(C)C1=C(c2cc(O)cc(CCc3ccc(-c4nc5ccccc5s4)c(O)c3)c2)OCC1(C)C. The predicted molar refractivity (Wildman–Crippen MR) is 148 cm³/mol. The van der Waals surface area contributed by atoms with Crippen LogP contribution in [0.4, 0.5) is 0 Å². The molecule has 0 radical (unpaired) electrons. The Morgan fingerprint density at radius 1 is 0.944 bits per heavy atom. The monoisotopic (exact) mass is 499 g/mol. The van der Waals surface area contributed by atoms with Crippen LogP contribution in [0.1, 0.15) is 51.3 Å². The second-order valence-electron chi connectivity index (χ2n) is 11.4. The molecule has 1 aromatic heterocycles. The molecule has 5 heteroatoms. The first kappa shape index (κ1) is 24.4. The summed E-state index contributed by atoms with van der Waals surface area (Å²) in [6.45, 7) is 11.7. The van der Waals surface area contributed by atoms with E-state index in [1.54, 1.807) is 17.4 Å². The third kappa shape index (κ3) is 4.72. The van der Waals surface area contributed by atoms with Crippen LogP contribution in [0, 0.1) is 10.8 Å². The lowest BCUT2D eigenvalue weighted by Gasteiger charge is -2.30. The van der Waals surface area contributed by atoms with E-state index in [2.05, 4.69) is 45.7 Å². The van der Waals surface area contributed by atoms with E-state index < -0.39 is 0 Å². The number of phenols is 2. The lowest BCUT2D eigenvalue weighted by atomic mass is 9.71. The van der Waals surface area contributed by atoms with Crippen LogP contribution in [0.25, 0.3) is 26.5 Å². The summed E-state index contributed by atoms with van der Waals surface area (Å²) in [5, 5.41) is 22.1. The fourth-order valence-corrected chi connectivity index (χ4v) is 6.43. The summed E-state index contributed by atoms with van der Waals surface area (Å²) in [6, 6.07) is 19.6. The molecule has 0 amide bonds. The van der Waals surface area contributed by atoms with Crippen LogP contribution < -0.4 is 0 Å². The minimum Gasteiger partial charge on any atom is -0.508 e. The highest BCUT2D eigenvalue weighted by Gasteiger charge is 2.41. The van der Waals surface area contributed by atoms with Crippen molar-refractivity contribution in [3.63, 3.8) is 0 Å². The maximum absolute atomic E-state index is 10.8. The Labute approximate surface area is 216 Å². The number of ether oxygens (including phenoxy) is 1. The fraction of sp³-hybridized carbons (Fsp3) is 0.323. The molecule has 0 bridgehead atoms. The summed E-state index contributed by atoms with van der Waals surface area (Å²) < 4.78 is 7.30. The van der Waals surface area contributed by atoms with Crippen molar-refractivity contribution in [2.45, 2.75) is 47.5 Å². The van der Waals surface area contributed by atoms with Crippen molar-refractivity contribution in [2.75, 3.05) is 6.61 Å². The van der Waals surface area contributed by atoms with Gasteiger partial charge in [-0.3, -0.25) is 0 Å². The Balaban J connectivity index is 1.38. The summed E-state index contributed by atoms with van der Waals surface area (Å²) >= 11 is 1.58. The van der Waals surface area contributed by atoms with Gasteiger partial charge in [0.1, 0.15) is 22.3 Å². The molecule has 0 unspecified atom stereocenters. The van der Waals surface area contributed by atoms with Gasteiger partial charge in [-0.1, -0.05) is 52.8 Å². The van der Waals surface area contributed by atoms with Gasteiger partial charge in [-0.25, -0.2) is 4.98 Å². The van der Waals surface area contributed by atoms with E-state index in [1.165, 1.54) is 5.57 Å². The number of nitrogens with zero attached hydrogens (tertiary/aromatic N) is 1. The minimum atomic E-state index is -0.0538. The molecule has 1 aliphatic rings. The van der Waals surface area contributed by atoms with Crippen molar-refractivity contribution in [1.82, 2.24) is 4.98 Å². The third-order valence-electron chi connectivity index (χ3n) is 6.76. The molecule has 0 aliphatic carbocycles. The van der Waals surface area contributed by atoms with Crippen molar-refractivity contribution >= 4 is 27.3 Å². The van der Waals surface area contributed by atoms with Gasteiger partial charge in [-0.15, -0.1) is 11.3 Å². The highest BCUT2D eigenvalue weighted by Crippen LogP contribution is 2.49. The minimum absolute atomic E-state index is 0.0382. The number of fused-ring (bicyclic) bond motifs is 1. The zero-order valence-corrected chi connectivity index (χ0v) is 22.4. The molecule has 4 nitrogen and oxygen atoms in total. The standard InChI is InChI=1S/C31H33NO3S/c1-30(2,3)28-27(35-18-31(28,4)5)21-14-20(15-22(33)17-21)11-10-19-12-13-23(25(34)16-19)29-32-24-8-6-7-9-26(24)36-29/h6-9,12-17,33-34H,10-11,18H2,1-5H3. The predicted octanol–water partition coefficient (Wildman–Crippen LogP) is 7.97. The highest BCUT2D eigenvalue weighted by atomic mass is 32.1. The molecule has 0 saturated carbocycles. The normalized spacial score (nSPS) is 15.5. The topological polar surface area (TPSA) is 62.6 Å². The van der Waals surface area contributed by atoms with Gasteiger partial charge < -0.3 is 14.9 Å². The van der Waals surface area contributed by atoms with Gasteiger partial charge in [0.05, 0.1) is 22.4 Å². The first-order valence-electron chi connectivity index (χ1n) is 12.4. The van der Waals surface area contributed by atoms with Crippen LogP contribution in [-0.4, -0.2) is 21.8 Å². The lowest BCUT2D eigenvalue weighted by Crippen LogP contribution is -2.24. The molecule has 3 aromatic carbocycles. The summed E-state index contributed by atoms with van der Waals surface area (Å²) in [5.74, 6) is 1.37. The Morgan fingerprint density at radius 3 is 2.42 bits per heavy atom. The quantitative estimate of drug-likeness (QED) is 0.292. The number of para-hydroxylation sites is 1. The second-order valence-corrected chi connectivity index (χ2v) is 12.4. The van der Waals surface area contributed by atoms with Gasteiger partial charge in [0.15, 0.2) is 0 Å². The average molecular weight is 500 g/mol. The van der Waals surface area contributed by atoms with Crippen LogP contribution in [0.15, 0.2) is 66.2 Å². The van der Waals surface area contributed by atoms with Crippen molar-refractivity contribution in [3.8, 4) is 22.1 Å². The Hall–Kier alpha value is -3.31. The molecule has 186 valence electrons. The van der Waals surface area contributed by atoms with Crippen LogP contribution in [0.5, 0.6) is 11.5 Å². The molecule has 2 N–H and O–H groups in total. The largest absolute Gasteiger partial charge is 0.508 e. The average Bonchev–Trinajstić information content (AvgIpc) is 3.37. The van der Waals surface area contributed by atoms with Crippen molar-refractivity contribution < 1.29 is 14.9 Å². The summed E-state index contributed by atoms with van der Waals surface area (Å²) in [4.78, 5) is 4.67. The van der Waals surface area contributed by atoms with E-state index in [1.807, 2.05) is 48.5 Å². The Bertz CT molecular complexity index is 1440. The van der Waals surface area contributed by atoms with Crippen LogP contribution in [-0.2, 0) is 17.6 Å². The maximum atomic E-state index is 10.8. The fourth-order valence-electron chi connectivity index (χ4n) is 5.43. The zero-order valence-electron chi connectivity index (χ0n) is 21.6. The molecule has 2 heterocycles. The van der Waals surface area contributed by atoms with Crippen LogP contribution >= 0.6 is 11.3 Å². The van der Waals surface area contributed by atoms with Crippen LogP contribution in [0.3, 0.4) is 0 Å². The highest BCUT2D eigenvalue weighted by molar-refractivity contribution is 7.21. The second kappa shape index (κ2) is 8.97. The number of aryl methyl sites for hydroxylation is 2. The molecule has 0 saturated heterocycles. The number of aromatic hydroxyl groups is 2. The molecule has 0 atom stereocenters. The van der Waals surface area contributed by atoms with Gasteiger partial charge in [-0.05, 0) is 77.4 Å². The van der Waals surface area contributed by atoms with E-state index in [0.29, 0.717) is 6.61 Å². The number of rotatable bonds is 5.